The zero-order chi connectivity index (χ0) is 16.8. The van der Waals surface area contributed by atoms with Gasteiger partial charge in [0.05, 0.1) is 17.3 Å². The van der Waals surface area contributed by atoms with Gasteiger partial charge in [0.1, 0.15) is 6.10 Å². The van der Waals surface area contributed by atoms with Crippen LogP contribution in [0.25, 0.3) is 0 Å². The number of fused-ring (bicyclic) bond motifs is 1. The second-order valence-electron chi connectivity index (χ2n) is 6.40. The Morgan fingerprint density at radius 2 is 2.12 bits per heavy atom. The summed E-state index contributed by atoms with van der Waals surface area (Å²) in [5.41, 5.74) is 1.65. The molecule has 124 valence electrons. The maximum atomic E-state index is 13.0. The Kier molecular flexibility index (Phi) is 3.61. The van der Waals surface area contributed by atoms with Crippen molar-refractivity contribution < 1.29 is 9.53 Å². The molecule has 1 amide bonds. The van der Waals surface area contributed by atoms with Crippen molar-refractivity contribution in [3.8, 4) is 5.75 Å². The summed E-state index contributed by atoms with van der Waals surface area (Å²) >= 11 is 6.21. The second kappa shape index (κ2) is 5.67. The van der Waals surface area contributed by atoms with E-state index < -0.39 is 0 Å². The fourth-order valence-corrected chi connectivity index (χ4v) is 3.29. The second-order valence-corrected chi connectivity index (χ2v) is 6.80. The molecule has 5 nitrogen and oxygen atoms in total. The fraction of sp³-hybridized carbons (Fsp3) is 0.333. The minimum atomic E-state index is -0.240. The van der Waals surface area contributed by atoms with E-state index in [0.29, 0.717) is 34.5 Å². The van der Waals surface area contributed by atoms with E-state index >= 15 is 0 Å². The lowest BCUT2D eigenvalue weighted by Gasteiger charge is -2.34. The highest BCUT2D eigenvalue weighted by Crippen LogP contribution is 2.41. The van der Waals surface area contributed by atoms with Crippen LogP contribution < -0.4 is 15.2 Å². The molecule has 2 aromatic rings. The number of pyridine rings is 1. The molecule has 2 aliphatic rings. The van der Waals surface area contributed by atoms with E-state index in [4.69, 9.17) is 16.3 Å². The molecule has 1 aromatic heterocycles. The number of aromatic nitrogens is 1. The number of halogens is 1. The van der Waals surface area contributed by atoms with Gasteiger partial charge in [-0.2, -0.15) is 0 Å². The third-order valence-corrected chi connectivity index (χ3v) is 4.67. The number of benzene rings is 1. The van der Waals surface area contributed by atoms with Crippen LogP contribution in [0.5, 0.6) is 5.75 Å². The Hall–Kier alpha value is -2.27. The van der Waals surface area contributed by atoms with Crippen LogP contribution in [0.2, 0.25) is 5.02 Å². The average Bonchev–Trinajstić information content (AvgIpc) is 3.39. The molecule has 1 aliphatic heterocycles. The number of carbonyl (C=O) groups excluding carboxylic acids is 1. The smallest absolute Gasteiger partial charge is 0.258 e. The Bertz CT molecular complexity index is 873. The van der Waals surface area contributed by atoms with Gasteiger partial charge in [0, 0.05) is 17.3 Å². The predicted molar refractivity (Wildman–Crippen MR) is 92.3 cm³/mol. The Balaban J connectivity index is 1.75. The first-order valence-corrected chi connectivity index (χ1v) is 8.42. The van der Waals surface area contributed by atoms with Gasteiger partial charge in [-0.25, -0.2) is 0 Å². The van der Waals surface area contributed by atoms with Gasteiger partial charge in [0.25, 0.3) is 5.91 Å². The largest absolute Gasteiger partial charge is 0.485 e. The highest BCUT2D eigenvalue weighted by molar-refractivity contribution is 6.32. The molecule has 2 heterocycles. The van der Waals surface area contributed by atoms with Crippen LogP contribution in [-0.4, -0.2) is 23.5 Å². The molecule has 6 heteroatoms. The van der Waals surface area contributed by atoms with Crippen LogP contribution in [0.3, 0.4) is 0 Å². The fourth-order valence-electron chi connectivity index (χ4n) is 3.07. The van der Waals surface area contributed by atoms with Crippen molar-refractivity contribution >= 4 is 23.2 Å². The van der Waals surface area contributed by atoms with Crippen LogP contribution in [0.1, 0.15) is 41.7 Å². The minimum absolute atomic E-state index is 0.175. The maximum absolute atomic E-state index is 13.0. The van der Waals surface area contributed by atoms with Crippen molar-refractivity contribution in [3.05, 3.63) is 57.0 Å². The minimum Gasteiger partial charge on any atom is -0.485 e. The van der Waals surface area contributed by atoms with Gasteiger partial charge in [0.2, 0.25) is 5.56 Å². The topological polar surface area (TPSA) is 62.4 Å². The molecule has 4 rings (SSSR count). The summed E-state index contributed by atoms with van der Waals surface area (Å²) in [6, 6.07) is 8.48. The van der Waals surface area contributed by atoms with Crippen LogP contribution in [0, 0.1) is 0 Å². The summed E-state index contributed by atoms with van der Waals surface area (Å²) in [7, 11) is 0. The SMILES string of the molecule is C[C@H]1CN(C(=O)c2cc(C3CC3)[nH]c(=O)c2)c2cccc(Cl)c2O1. The van der Waals surface area contributed by atoms with Crippen molar-refractivity contribution in [2.45, 2.75) is 31.8 Å². The van der Waals surface area contributed by atoms with Crippen LogP contribution in [-0.2, 0) is 0 Å². The molecule has 0 radical (unpaired) electrons. The Labute approximate surface area is 144 Å². The number of ether oxygens (including phenoxy) is 1. The first-order valence-electron chi connectivity index (χ1n) is 8.04. The van der Waals surface area contributed by atoms with Gasteiger partial charge < -0.3 is 14.6 Å². The molecule has 0 saturated heterocycles. The lowest BCUT2D eigenvalue weighted by atomic mass is 10.1. The number of hydrogen-bond acceptors (Lipinski definition) is 3. The molecule has 0 spiro atoms. The standard InChI is InChI=1S/C18H17ClN2O3/c1-10-9-21(15-4-2-3-13(19)17(15)24-10)18(23)12-7-14(11-5-6-11)20-16(22)8-12/h2-4,7-8,10-11H,5-6,9H2,1H3,(H,20,22)/t10-/m0/s1. The maximum Gasteiger partial charge on any atom is 0.258 e. The van der Waals surface area contributed by atoms with E-state index in [2.05, 4.69) is 4.98 Å². The highest BCUT2D eigenvalue weighted by atomic mass is 35.5. The number of anilines is 1. The molecule has 0 bridgehead atoms. The zero-order valence-electron chi connectivity index (χ0n) is 13.2. The Morgan fingerprint density at radius 1 is 1.33 bits per heavy atom. The van der Waals surface area contributed by atoms with Gasteiger partial charge in [-0.05, 0) is 43.9 Å². The van der Waals surface area contributed by atoms with Gasteiger partial charge in [-0.15, -0.1) is 0 Å². The van der Waals surface area contributed by atoms with Crippen molar-refractivity contribution in [2.75, 3.05) is 11.4 Å². The average molecular weight is 345 g/mol. The normalized spacial score (nSPS) is 19.6. The van der Waals surface area contributed by atoms with Crippen molar-refractivity contribution in [3.63, 3.8) is 0 Å². The molecular weight excluding hydrogens is 328 g/mol. The van der Waals surface area contributed by atoms with E-state index in [0.717, 1.165) is 18.5 Å². The Morgan fingerprint density at radius 3 is 2.88 bits per heavy atom. The summed E-state index contributed by atoms with van der Waals surface area (Å²) in [5, 5.41) is 0.474. The van der Waals surface area contributed by atoms with Crippen molar-refractivity contribution in [1.29, 1.82) is 0 Å². The number of H-pyrrole nitrogens is 1. The van der Waals surface area contributed by atoms with Crippen LogP contribution >= 0.6 is 11.6 Å². The van der Waals surface area contributed by atoms with E-state index in [1.54, 1.807) is 29.2 Å². The number of rotatable bonds is 2. The van der Waals surface area contributed by atoms with Crippen LogP contribution in [0.15, 0.2) is 35.1 Å². The number of nitrogens with one attached hydrogen (secondary N) is 1. The van der Waals surface area contributed by atoms with Gasteiger partial charge in [-0.1, -0.05) is 17.7 Å². The number of aromatic amines is 1. The summed E-state index contributed by atoms with van der Waals surface area (Å²) in [6.45, 7) is 2.30. The highest BCUT2D eigenvalue weighted by Gasteiger charge is 2.31. The lowest BCUT2D eigenvalue weighted by molar-refractivity contribution is 0.0961. The van der Waals surface area contributed by atoms with Gasteiger partial charge >= 0.3 is 0 Å². The molecule has 0 unspecified atom stereocenters. The molecule has 1 saturated carbocycles. The van der Waals surface area contributed by atoms with E-state index in [1.165, 1.54) is 6.07 Å². The first-order chi connectivity index (χ1) is 11.5. The quantitative estimate of drug-likeness (QED) is 0.908. The zero-order valence-corrected chi connectivity index (χ0v) is 14.0. The molecule has 1 atom stereocenters. The van der Waals surface area contributed by atoms with Crippen molar-refractivity contribution in [2.24, 2.45) is 0 Å². The molecule has 1 aromatic carbocycles. The summed E-state index contributed by atoms with van der Waals surface area (Å²) in [6.07, 6.45) is 1.94. The summed E-state index contributed by atoms with van der Waals surface area (Å²) in [4.78, 5) is 29.4. The monoisotopic (exact) mass is 344 g/mol. The number of amides is 1. The number of hydrogen-bond donors (Lipinski definition) is 1. The third kappa shape index (κ3) is 2.69. The van der Waals surface area contributed by atoms with E-state index in [9.17, 15) is 9.59 Å². The van der Waals surface area contributed by atoms with Gasteiger partial charge in [-0.3, -0.25) is 9.59 Å². The predicted octanol–water partition coefficient (Wildman–Crippen LogP) is 3.33. The number of nitrogens with zero attached hydrogens (tertiary/aromatic N) is 1. The van der Waals surface area contributed by atoms with Crippen LogP contribution in [0.4, 0.5) is 5.69 Å². The molecule has 1 N–H and O–H groups in total. The van der Waals surface area contributed by atoms with E-state index in [-0.39, 0.29) is 17.6 Å². The summed E-state index contributed by atoms with van der Waals surface area (Å²) in [5.74, 6) is 0.677. The first kappa shape index (κ1) is 15.3. The number of carbonyl (C=O) groups is 1. The molecule has 24 heavy (non-hydrogen) atoms. The summed E-state index contributed by atoms with van der Waals surface area (Å²) < 4.78 is 5.78. The van der Waals surface area contributed by atoms with E-state index in [1.807, 2.05) is 6.92 Å². The van der Waals surface area contributed by atoms with Gasteiger partial charge in [0.15, 0.2) is 5.75 Å². The number of para-hydroxylation sites is 1. The lowest BCUT2D eigenvalue weighted by Crippen LogP contribution is -2.42. The molecule has 1 fully saturated rings. The van der Waals surface area contributed by atoms with Crippen molar-refractivity contribution in [1.82, 2.24) is 4.98 Å². The molecular formula is C18H17ClN2O3. The molecule has 1 aliphatic carbocycles. The third-order valence-electron chi connectivity index (χ3n) is 4.37.